The number of benzene rings is 1. The van der Waals surface area contributed by atoms with E-state index in [-0.39, 0.29) is 5.54 Å². The van der Waals surface area contributed by atoms with Crippen molar-refractivity contribution in [2.75, 3.05) is 0 Å². The Bertz CT molecular complexity index is 596. The van der Waals surface area contributed by atoms with E-state index in [9.17, 15) is 0 Å². The zero-order valence-corrected chi connectivity index (χ0v) is 13.3. The quantitative estimate of drug-likeness (QED) is 0.909. The Morgan fingerprint density at radius 1 is 1.24 bits per heavy atom. The predicted octanol–water partition coefficient (Wildman–Crippen LogP) is 3.56. The maximum atomic E-state index is 4.39. The zero-order valence-electron chi connectivity index (χ0n) is 13.3. The number of aryl methyl sites for hydroxylation is 1. The van der Waals surface area contributed by atoms with Gasteiger partial charge in [-0.3, -0.25) is 0 Å². The fourth-order valence-corrected chi connectivity index (χ4v) is 3.34. The summed E-state index contributed by atoms with van der Waals surface area (Å²) in [4.78, 5) is 4.39. The van der Waals surface area contributed by atoms with E-state index in [0.717, 1.165) is 12.2 Å². The second-order valence-electron chi connectivity index (χ2n) is 6.41. The molecule has 1 heterocycles. The standard InChI is InChI=1S/C18H25N3/c1-14(12-21-13-19-15(2)16(21)3)20-18(10-7-11-18)17-8-5-4-6-9-17/h4-6,8-9,13-14,20H,7,10-12H2,1-3H3/t14-/m0/s1. The molecule has 0 bridgehead atoms. The van der Waals surface area contributed by atoms with Gasteiger partial charge in [-0.1, -0.05) is 30.3 Å². The van der Waals surface area contributed by atoms with Gasteiger partial charge < -0.3 is 9.88 Å². The van der Waals surface area contributed by atoms with Crippen molar-refractivity contribution in [3.05, 3.63) is 53.6 Å². The third kappa shape index (κ3) is 2.75. The predicted molar refractivity (Wildman–Crippen MR) is 86.3 cm³/mol. The van der Waals surface area contributed by atoms with Crippen LogP contribution >= 0.6 is 0 Å². The molecule has 1 N–H and O–H groups in total. The molecule has 0 unspecified atom stereocenters. The minimum absolute atomic E-state index is 0.185. The molecule has 1 saturated carbocycles. The van der Waals surface area contributed by atoms with Gasteiger partial charge in [0.25, 0.3) is 0 Å². The van der Waals surface area contributed by atoms with Crippen LogP contribution < -0.4 is 5.32 Å². The summed E-state index contributed by atoms with van der Waals surface area (Å²) in [5.41, 5.74) is 4.01. The van der Waals surface area contributed by atoms with Crippen LogP contribution in [0.3, 0.4) is 0 Å². The summed E-state index contributed by atoms with van der Waals surface area (Å²) in [6.07, 6.45) is 5.75. The van der Waals surface area contributed by atoms with Crippen molar-refractivity contribution in [1.29, 1.82) is 0 Å². The molecular weight excluding hydrogens is 258 g/mol. The Morgan fingerprint density at radius 2 is 1.95 bits per heavy atom. The van der Waals surface area contributed by atoms with Crippen molar-refractivity contribution < 1.29 is 0 Å². The number of imidazole rings is 1. The summed E-state index contributed by atoms with van der Waals surface area (Å²) in [6.45, 7) is 7.46. The fourth-order valence-electron chi connectivity index (χ4n) is 3.34. The van der Waals surface area contributed by atoms with E-state index < -0.39 is 0 Å². The van der Waals surface area contributed by atoms with Crippen molar-refractivity contribution in [1.82, 2.24) is 14.9 Å². The number of aromatic nitrogens is 2. The molecule has 21 heavy (non-hydrogen) atoms. The smallest absolute Gasteiger partial charge is 0.0951 e. The average molecular weight is 283 g/mol. The first-order chi connectivity index (χ1) is 10.1. The number of rotatable bonds is 5. The highest BCUT2D eigenvalue weighted by molar-refractivity contribution is 5.27. The van der Waals surface area contributed by atoms with Gasteiger partial charge >= 0.3 is 0 Å². The van der Waals surface area contributed by atoms with E-state index in [1.54, 1.807) is 0 Å². The van der Waals surface area contributed by atoms with Crippen molar-refractivity contribution >= 4 is 0 Å². The van der Waals surface area contributed by atoms with Gasteiger partial charge in [-0.2, -0.15) is 0 Å². The van der Waals surface area contributed by atoms with Gasteiger partial charge in [-0.25, -0.2) is 4.98 Å². The molecule has 0 aliphatic heterocycles. The lowest BCUT2D eigenvalue weighted by Crippen LogP contribution is -2.52. The van der Waals surface area contributed by atoms with Gasteiger partial charge in [0.2, 0.25) is 0 Å². The molecule has 3 heteroatoms. The Kier molecular flexibility index (Phi) is 3.85. The molecule has 1 aliphatic carbocycles. The molecule has 3 rings (SSSR count). The minimum atomic E-state index is 0.185. The Balaban J connectivity index is 1.71. The van der Waals surface area contributed by atoms with Crippen molar-refractivity contribution in [2.24, 2.45) is 0 Å². The highest BCUT2D eigenvalue weighted by atomic mass is 15.1. The van der Waals surface area contributed by atoms with Gasteiger partial charge in [0, 0.05) is 23.8 Å². The van der Waals surface area contributed by atoms with E-state index in [2.05, 4.69) is 66.0 Å². The highest BCUT2D eigenvalue weighted by Gasteiger charge is 2.39. The Labute approximate surface area is 127 Å². The summed E-state index contributed by atoms with van der Waals surface area (Å²) < 4.78 is 2.25. The topological polar surface area (TPSA) is 29.9 Å². The number of hydrogen-bond donors (Lipinski definition) is 1. The maximum absolute atomic E-state index is 4.39. The summed E-state index contributed by atoms with van der Waals surface area (Å²) >= 11 is 0. The second-order valence-corrected chi connectivity index (χ2v) is 6.41. The van der Waals surface area contributed by atoms with Crippen LogP contribution in [0.4, 0.5) is 0 Å². The highest BCUT2D eigenvalue weighted by Crippen LogP contribution is 2.41. The van der Waals surface area contributed by atoms with Crippen LogP contribution in [0.2, 0.25) is 0 Å². The lowest BCUT2D eigenvalue weighted by atomic mass is 9.71. The first kappa shape index (κ1) is 14.3. The van der Waals surface area contributed by atoms with Crippen LogP contribution in [0.1, 0.15) is 43.1 Å². The number of nitrogens with zero attached hydrogens (tertiary/aromatic N) is 2. The normalized spacial score (nSPS) is 18.2. The zero-order chi connectivity index (χ0) is 14.9. The molecule has 1 fully saturated rings. The monoisotopic (exact) mass is 283 g/mol. The summed E-state index contributed by atoms with van der Waals surface area (Å²) in [7, 11) is 0. The third-order valence-electron chi connectivity index (χ3n) is 4.87. The van der Waals surface area contributed by atoms with E-state index in [1.807, 2.05) is 6.33 Å². The Morgan fingerprint density at radius 3 is 2.48 bits per heavy atom. The van der Waals surface area contributed by atoms with E-state index in [1.165, 1.54) is 30.5 Å². The molecule has 1 atom stereocenters. The molecule has 3 nitrogen and oxygen atoms in total. The number of hydrogen-bond acceptors (Lipinski definition) is 2. The van der Waals surface area contributed by atoms with Gasteiger partial charge in [0.05, 0.1) is 12.0 Å². The maximum Gasteiger partial charge on any atom is 0.0951 e. The largest absolute Gasteiger partial charge is 0.333 e. The molecule has 1 aromatic carbocycles. The molecule has 0 spiro atoms. The van der Waals surface area contributed by atoms with Crippen LogP contribution in [-0.4, -0.2) is 15.6 Å². The van der Waals surface area contributed by atoms with E-state index in [4.69, 9.17) is 0 Å². The van der Waals surface area contributed by atoms with Crippen molar-refractivity contribution in [3.63, 3.8) is 0 Å². The molecule has 0 amide bonds. The third-order valence-corrected chi connectivity index (χ3v) is 4.87. The lowest BCUT2D eigenvalue weighted by Gasteiger charge is -2.45. The summed E-state index contributed by atoms with van der Waals surface area (Å²) in [6, 6.07) is 11.3. The summed E-state index contributed by atoms with van der Waals surface area (Å²) in [5, 5.41) is 3.88. The molecule has 0 radical (unpaired) electrons. The van der Waals surface area contributed by atoms with Crippen LogP contribution in [0, 0.1) is 13.8 Å². The molecular formula is C18H25N3. The van der Waals surface area contributed by atoms with Crippen LogP contribution in [-0.2, 0) is 12.1 Å². The molecule has 1 aromatic heterocycles. The molecule has 112 valence electrons. The van der Waals surface area contributed by atoms with Crippen LogP contribution in [0.25, 0.3) is 0 Å². The lowest BCUT2D eigenvalue weighted by molar-refractivity contribution is 0.161. The molecule has 1 aliphatic rings. The fraction of sp³-hybridized carbons (Fsp3) is 0.500. The van der Waals surface area contributed by atoms with Crippen LogP contribution in [0.5, 0.6) is 0 Å². The van der Waals surface area contributed by atoms with Gasteiger partial charge in [-0.15, -0.1) is 0 Å². The van der Waals surface area contributed by atoms with Crippen molar-refractivity contribution in [3.8, 4) is 0 Å². The average Bonchev–Trinajstić information content (AvgIpc) is 2.76. The first-order valence-corrected chi connectivity index (χ1v) is 7.92. The first-order valence-electron chi connectivity index (χ1n) is 7.92. The SMILES string of the molecule is Cc1ncn(C[C@H](C)NC2(c3ccccc3)CCC2)c1C. The Hall–Kier alpha value is -1.61. The van der Waals surface area contributed by atoms with E-state index >= 15 is 0 Å². The molecule has 0 saturated heterocycles. The van der Waals surface area contributed by atoms with Crippen molar-refractivity contribution in [2.45, 2.75) is 58.2 Å². The second kappa shape index (κ2) is 5.64. The number of nitrogens with one attached hydrogen (secondary N) is 1. The van der Waals surface area contributed by atoms with Gasteiger partial charge in [-0.05, 0) is 45.6 Å². The summed E-state index contributed by atoms with van der Waals surface area (Å²) in [5.74, 6) is 0. The van der Waals surface area contributed by atoms with Crippen LogP contribution in [0.15, 0.2) is 36.7 Å². The minimum Gasteiger partial charge on any atom is -0.333 e. The molecule has 2 aromatic rings. The van der Waals surface area contributed by atoms with Gasteiger partial charge in [0.15, 0.2) is 0 Å². The van der Waals surface area contributed by atoms with Gasteiger partial charge in [0.1, 0.15) is 0 Å². The van der Waals surface area contributed by atoms with E-state index in [0.29, 0.717) is 6.04 Å².